The molecule has 1 unspecified atom stereocenters. The number of hydrogen-bond donors (Lipinski definition) is 0. The fourth-order valence-electron chi connectivity index (χ4n) is 2.36. The molecule has 0 saturated carbocycles. The summed E-state index contributed by atoms with van der Waals surface area (Å²) in [7, 11) is 1.38. The van der Waals surface area contributed by atoms with Gasteiger partial charge in [0.2, 0.25) is 0 Å². The predicted molar refractivity (Wildman–Crippen MR) is 64.7 cm³/mol. The topological polar surface area (TPSA) is 52.8 Å². The molecule has 3 rings (SSSR count). The van der Waals surface area contributed by atoms with E-state index in [-0.39, 0.29) is 5.97 Å². The summed E-state index contributed by atoms with van der Waals surface area (Å²) in [4.78, 5) is 16.1. The van der Waals surface area contributed by atoms with E-state index in [2.05, 4.69) is 4.98 Å². The number of esters is 1. The first-order valence-electron chi connectivity index (χ1n) is 5.93. The molecule has 1 aliphatic heterocycles. The minimum Gasteiger partial charge on any atom is -0.465 e. The Morgan fingerprint density at radius 1 is 1.61 bits per heavy atom. The Labute approximate surface area is 104 Å². The summed E-state index contributed by atoms with van der Waals surface area (Å²) >= 11 is 0. The fraction of sp³-hybridized carbons (Fsp3) is 0.385. The number of nitrogens with zero attached hydrogens (tertiary/aromatic N) is 2. The number of imidazole rings is 1. The third-order valence-electron chi connectivity index (χ3n) is 3.30. The number of methoxy groups -OCH3 is 1. The Morgan fingerprint density at radius 3 is 3.22 bits per heavy atom. The van der Waals surface area contributed by atoms with Crippen LogP contribution in [0.2, 0.25) is 0 Å². The van der Waals surface area contributed by atoms with Crippen LogP contribution in [-0.2, 0) is 9.47 Å². The van der Waals surface area contributed by atoms with Crippen LogP contribution in [0.5, 0.6) is 0 Å². The highest BCUT2D eigenvalue weighted by molar-refractivity contribution is 5.96. The third kappa shape index (κ3) is 1.67. The van der Waals surface area contributed by atoms with Gasteiger partial charge in [-0.05, 0) is 18.6 Å². The molecule has 2 aromatic heterocycles. The first-order chi connectivity index (χ1) is 8.81. The van der Waals surface area contributed by atoms with Crippen LogP contribution < -0.4 is 0 Å². The van der Waals surface area contributed by atoms with Gasteiger partial charge in [0.15, 0.2) is 0 Å². The lowest BCUT2D eigenvalue weighted by Crippen LogP contribution is -2.07. The van der Waals surface area contributed by atoms with E-state index < -0.39 is 0 Å². The van der Waals surface area contributed by atoms with Gasteiger partial charge in [-0.2, -0.15) is 0 Å². The average Bonchev–Trinajstić information content (AvgIpc) is 3.05. The molecule has 5 heteroatoms. The van der Waals surface area contributed by atoms with E-state index in [1.807, 2.05) is 16.7 Å². The van der Waals surface area contributed by atoms with Crippen molar-refractivity contribution in [2.24, 2.45) is 0 Å². The molecule has 3 heterocycles. The Balaban J connectivity index is 2.11. The van der Waals surface area contributed by atoms with Crippen molar-refractivity contribution in [2.75, 3.05) is 20.3 Å². The molecule has 1 atom stereocenters. The zero-order valence-electron chi connectivity index (χ0n) is 10.1. The first-order valence-corrected chi connectivity index (χ1v) is 5.93. The van der Waals surface area contributed by atoms with Crippen LogP contribution in [-0.4, -0.2) is 35.7 Å². The van der Waals surface area contributed by atoms with Crippen molar-refractivity contribution in [3.63, 3.8) is 0 Å². The molecule has 94 valence electrons. The van der Waals surface area contributed by atoms with Crippen molar-refractivity contribution in [2.45, 2.75) is 12.3 Å². The van der Waals surface area contributed by atoms with Crippen LogP contribution in [0.1, 0.15) is 28.5 Å². The van der Waals surface area contributed by atoms with Crippen molar-refractivity contribution in [1.82, 2.24) is 9.38 Å². The fourth-order valence-corrected chi connectivity index (χ4v) is 2.36. The standard InChI is InChI=1S/C13H14N2O3/c1-17-13(16)10-3-2-5-15-11(10)7-14-12(15)9-4-6-18-8-9/h2-3,5,7,9H,4,6,8H2,1H3. The molecule has 0 N–H and O–H groups in total. The second-order valence-electron chi connectivity index (χ2n) is 4.35. The van der Waals surface area contributed by atoms with Gasteiger partial charge in [0, 0.05) is 18.7 Å². The lowest BCUT2D eigenvalue weighted by atomic mass is 10.1. The van der Waals surface area contributed by atoms with Crippen molar-refractivity contribution >= 4 is 11.5 Å². The van der Waals surface area contributed by atoms with E-state index in [0.717, 1.165) is 24.4 Å². The second kappa shape index (κ2) is 4.42. The smallest absolute Gasteiger partial charge is 0.340 e. The monoisotopic (exact) mass is 246 g/mol. The number of pyridine rings is 1. The molecular weight excluding hydrogens is 232 g/mol. The van der Waals surface area contributed by atoms with Crippen LogP contribution >= 0.6 is 0 Å². The summed E-state index contributed by atoms with van der Waals surface area (Å²) in [6.07, 6.45) is 4.61. The van der Waals surface area contributed by atoms with Crippen molar-refractivity contribution in [1.29, 1.82) is 0 Å². The highest BCUT2D eigenvalue weighted by Gasteiger charge is 2.23. The Bertz CT molecular complexity index is 585. The number of carbonyl (C=O) groups is 1. The molecule has 0 amide bonds. The summed E-state index contributed by atoms with van der Waals surface area (Å²) < 4.78 is 12.1. The largest absolute Gasteiger partial charge is 0.465 e. The summed E-state index contributed by atoms with van der Waals surface area (Å²) in [5, 5.41) is 0. The van der Waals surface area contributed by atoms with Gasteiger partial charge >= 0.3 is 5.97 Å². The van der Waals surface area contributed by atoms with E-state index in [9.17, 15) is 4.79 Å². The van der Waals surface area contributed by atoms with Crippen molar-refractivity contribution in [3.05, 3.63) is 35.9 Å². The quantitative estimate of drug-likeness (QED) is 0.756. The zero-order chi connectivity index (χ0) is 12.5. The number of aromatic nitrogens is 2. The average molecular weight is 246 g/mol. The highest BCUT2D eigenvalue weighted by atomic mass is 16.5. The number of carbonyl (C=O) groups excluding carboxylic acids is 1. The summed E-state index contributed by atoms with van der Waals surface area (Å²) in [6, 6.07) is 3.58. The minimum absolute atomic E-state index is 0.306. The maximum Gasteiger partial charge on any atom is 0.340 e. The van der Waals surface area contributed by atoms with E-state index in [1.165, 1.54) is 7.11 Å². The maximum absolute atomic E-state index is 11.7. The number of ether oxygens (including phenoxy) is 2. The van der Waals surface area contributed by atoms with Gasteiger partial charge in [0.1, 0.15) is 5.82 Å². The lowest BCUT2D eigenvalue weighted by molar-refractivity contribution is 0.0602. The van der Waals surface area contributed by atoms with Gasteiger partial charge in [-0.25, -0.2) is 9.78 Å². The van der Waals surface area contributed by atoms with Gasteiger partial charge in [0.05, 0.1) is 31.0 Å². The van der Waals surface area contributed by atoms with E-state index >= 15 is 0 Å². The molecule has 0 radical (unpaired) electrons. The normalized spacial score (nSPS) is 19.3. The molecule has 18 heavy (non-hydrogen) atoms. The number of fused-ring (bicyclic) bond motifs is 1. The van der Waals surface area contributed by atoms with Crippen LogP contribution in [0.4, 0.5) is 0 Å². The lowest BCUT2D eigenvalue weighted by Gasteiger charge is -2.07. The maximum atomic E-state index is 11.7. The molecular formula is C13H14N2O3. The Kier molecular flexibility index (Phi) is 2.76. The van der Waals surface area contributed by atoms with Crippen LogP contribution in [0, 0.1) is 0 Å². The SMILES string of the molecule is COC(=O)c1cccn2c(C3CCOC3)ncc12. The number of rotatable bonds is 2. The van der Waals surface area contributed by atoms with Crippen LogP contribution in [0.3, 0.4) is 0 Å². The zero-order valence-corrected chi connectivity index (χ0v) is 10.1. The number of hydrogen-bond acceptors (Lipinski definition) is 4. The van der Waals surface area contributed by atoms with Gasteiger partial charge in [-0.15, -0.1) is 0 Å². The summed E-state index contributed by atoms with van der Waals surface area (Å²) in [6.45, 7) is 1.47. The third-order valence-corrected chi connectivity index (χ3v) is 3.30. The molecule has 5 nitrogen and oxygen atoms in total. The summed E-state index contributed by atoms with van der Waals surface area (Å²) in [5.74, 6) is 0.920. The van der Waals surface area contributed by atoms with Gasteiger partial charge in [0.25, 0.3) is 0 Å². The molecule has 1 aliphatic rings. The van der Waals surface area contributed by atoms with Crippen LogP contribution in [0.25, 0.3) is 5.52 Å². The van der Waals surface area contributed by atoms with Gasteiger partial charge in [-0.3, -0.25) is 0 Å². The highest BCUT2D eigenvalue weighted by Crippen LogP contribution is 2.26. The van der Waals surface area contributed by atoms with Gasteiger partial charge in [-0.1, -0.05) is 0 Å². The van der Waals surface area contributed by atoms with Crippen molar-refractivity contribution < 1.29 is 14.3 Å². The molecule has 1 fully saturated rings. The summed E-state index contributed by atoms with van der Waals surface area (Å²) in [5.41, 5.74) is 1.32. The molecule has 2 aromatic rings. The second-order valence-corrected chi connectivity index (χ2v) is 4.35. The molecule has 0 spiro atoms. The molecule has 0 aromatic carbocycles. The minimum atomic E-state index is -0.338. The van der Waals surface area contributed by atoms with E-state index in [1.54, 1.807) is 12.3 Å². The van der Waals surface area contributed by atoms with Crippen molar-refractivity contribution in [3.8, 4) is 0 Å². The molecule has 0 aliphatic carbocycles. The van der Waals surface area contributed by atoms with E-state index in [0.29, 0.717) is 18.1 Å². The molecule has 0 bridgehead atoms. The van der Waals surface area contributed by atoms with Gasteiger partial charge < -0.3 is 13.9 Å². The predicted octanol–water partition coefficient (Wildman–Crippen LogP) is 1.62. The van der Waals surface area contributed by atoms with E-state index in [4.69, 9.17) is 9.47 Å². The first kappa shape index (κ1) is 11.2. The van der Waals surface area contributed by atoms with Crippen LogP contribution in [0.15, 0.2) is 24.5 Å². The Hall–Kier alpha value is -1.88. The molecule has 1 saturated heterocycles. The Morgan fingerprint density at radius 2 is 2.50 bits per heavy atom.